The fourth-order valence-corrected chi connectivity index (χ4v) is 2.99. The van der Waals surface area contributed by atoms with Crippen molar-refractivity contribution in [3.8, 4) is 5.75 Å². The number of amides is 1. The smallest absolute Gasteiger partial charge is 0.252 e. The Kier molecular flexibility index (Phi) is 6.41. The molecule has 0 heterocycles. The largest absolute Gasteiger partial charge is 0.492 e. The highest BCUT2D eigenvalue weighted by Gasteiger charge is 2.17. The average Bonchev–Trinajstić information content (AvgIpc) is 2.60. The van der Waals surface area contributed by atoms with Crippen molar-refractivity contribution in [2.24, 2.45) is 0 Å². The van der Waals surface area contributed by atoms with Gasteiger partial charge < -0.3 is 10.1 Å². The molecule has 0 saturated heterocycles. The summed E-state index contributed by atoms with van der Waals surface area (Å²) in [5.41, 5.74) is 1.22. The van der Waals surface area contributed by atoms with E-state index in [1.807, 2.05) is 31.2 Å². The molecule has 0 aliphatic heterocycles. The summed E-state index contributed by atoms with van der Waals surface area (Å²) in [5.74, 6) is 0.241. The number of nitrogens with one attached hydrogen (secondary N) is 2. The van der Waals surface area contributed by atoms with E-state index >= 15 is 0 Å². The average molecular weight is 383 g/mol. The highest BCUT2D eigenvalue weighted by atomic mass is 35.5. The van der Waals surface area contributed by atoms with Crippen LogP contribution in [0.1, 0.15) is 15.9 Å². The van der Waals surface area contributed by atoms with Crippen molar-refractivity contribution in [2.75, 3.05) is 20.2 Å². The van der Waals surface area contributed by atoms with E-state index in [2.05, 4.69) is 10.0 Å². The number of benzene rings is 2. The van der Waals surface area contributed by atoms with E-state index in [0.29, 0.717) is 5.75 Å². The van der Waals surface area contributed by atoms with Gasteiger partial charge in [-0.2, -0.15) is 0 Å². The molecule has 0 fully saturated rings. The fourth-order valence-electron chi connectivity index (χ4n) is 2.03. The normalized spacial score (nSPS) is 11.2. The number of ether oxygens (including phenoxy) is 1. The SMILES string of the molecule is CNS(=O)(=O)c1ccc(Cl)c(C(=O)NCCOc2ccc(C)cc2)c1. The Bertz CT molecular complexity index is 851. The second-order valence-corrected chi connectivity index (χ2v) is 7.56. The van der Waals surface area contributed by atoms with Gasteiger partial charge >= 0.3 is 0 Å². The number of hydrogen-bond acceptors (Lipinski definition) is 4. The molecule has 6 nitrogen and oxygen atoms in total. The molecule has 0 radical (unpaired) electrons. The summed E-state index contributed by atoms with van der Waals surface area (Å²) in [5, 5.41) is 2.83. The Balaban J connectivity index is 1.96. The maximum absolute atomic E-state index is 12.2. The second kappa shape index (κ2) is 8.33. The highest BCUT2D eigenvalue weighted by molar-refractivity contribution is 7.89. The summed E-state index contributed by atoms with van der Waals surface area (Å²) >= 11 is 6.00. The molecule has 0 unspecified atom stereocenters. The molecule has 134 valence electrons. The van der Waals surface area contributed by atoms with Crippen LogP contribution in [0.25, 0.3) is 0 Å². The molecule has 0 saturated carbocycles. The molecule has 2 rings (SSSR count). The van der Waals surface area contributed by atoms with Crippen LogP contribution in [0.4, 0.5) is 0 Å². The monoisotopic (exact) mass is 382 g/mol. The summed E-state index contributed by atoms with van der Waals surface area (Å²) in [6.45, 7) is 2.52. The number of rotatable bonds is 7. The third kappa shape index (κ3) is 5.19. The van der Waals surface area contributed by atoms with Crippen LogP contribution in [-0.4, -0.2) is 34.5 Å². The number of carbonyl (C=O) groups excluding carboxylic acids is 1. The van der Waals surface area contributed by atoms with Crippen LogP contribution >= 0.6 is 11.6 Å². The molecule has 2 aromatic rings. The topological polar surface area (TPSA) is 84.5 Å². The number of aryl methyl sites for hydroxylation is 1. The Labute approximate surface area is 152 Å². The van der Waals surface area contributed by atoms with E-state index < -0.39 is 15.9 Å². The highest BCUT2D eigenvalue weighted by Crippen LogP contribution is 2.20. The molecule has 0 aliphatic rings. The molecule has 0 bridgehead atoms. The maximum Gasteiger partial charge on any atom is 0.252 e. The Morgan fingerprint density at radius 2 is 1.84 bits per heavy atom. The lowest BCUT2D eigenvalue weighted by Crippen LogP contribution is -2.28. The van der Waals surface area contributed by atoms with E-state index in [-0.39, 0.29) is 28.6 Å². The Hall–Kier alpha value is -2.09. The molecule has 0 atom stereocenters. The Morgan fingerprint density at radius 1 is 1.16 bits per heavy atom. The van der Waals surface area contributed by atoms with Gasteiger partial charge in [-0.15, -0.1) is 0 Å². The third-order valence-corrected chi connectivity index (χ3v) is 5.18. The summed E-state index contributed by atoms with van der Waals surface area (Å²) in [6.07, 6.45) is 0. The first-order valence-corrected chi connectivity index (χ1v) is 9.40. The van der Waals surface area contributed by atoms with Gasteiger partial charge in [0.05, 0.1) is 22.0 Å². The molecule has 2 N–H and O–H groups in total. The minimum atomic E-state index is -3.65. The molecule has 1 amide bonds. The van der Waals surface area contributed by atoms with Crippen molar-refractivity contribution in [1.29, 1.82) is 0 Å². The minimum Gasteiger partial charge on any atom is -0.492 e. The van der Waals surface area contributed by atoms with Gasteiger partial charge in [0.15, 0.2) is 0 Å². The summed E-state index contributed by atoms with van der Waals surface area (Å²) in [4.78, 5) is 12.2. The first kappa shape index (κ1) is 19.2. The van der Waals surface area contributed by atoms with Gasteiger partial charge in [-0.3, -0.25) is 4.79 Å². The summed E-state index contributed by atoms with van der Waals surface area (Å²) in [6, 6.07) is 11.5. The van der Waals surface area contributed by atoms with Gasteiger partial charge in [-0.1, -0.05) is 29.3 Å². The van der Waals surface area contributed by atoms with Crippen LogP contribution in [0.3, 0.4) is 0 Å². The lowest BCUT2D eigenvalue weighted by atomic mass is 10.2. The number of carbonyl (C=O) groups is 1. The second-order valence-electron chi connectivity index (χ2n) is 5.27. The van der Waals surface area contributed by atoms with Crippen LogP contribution in [0.2, 0.25) is 5.02 Å². The molecule has 2 aromatic carbocycles. The van der Waals surface area contributed by atoms with Crippen LogP contribution in [-0.2, 0) is 10.0 Å². The zero-order valence-corrected chi connectivity index (χ0v) is 15.4. The lowest BCUT2D eigenvalue weighted by molar-refractivity contribution is 0.0947. The zero-order chi connectivity index (χ0) is 18.4. The van der Waals surface area contributed by atoms with E-state index in [4.69, 9.17) is 16.3 Å². The summed E-state index contributed by atoms with van der Waals surface area (Å²) < 4.78 is 31.4. The number of halogens is 1. The molecule has 0 spiro atoms. The van der Waals surface area contributed by atoms with Crippen molar-refractivity contribution in [3.63, 3.8) is 0 Å². The standard InChI is InChI=1S/C17H19ClN2O4S/c1-12-3-5-13(6-4-12)24-10-9-20-17(21)15-11-14(7-8-16(15)18)25(22,23)19-2/h3-8,11,19H,9-10H2,1-2H3,(H,20,21). The molecule has 8 heteroatoms. The quantitative estimate of drug-likeness (QED) is 0.720. The predicted octanol–water partition coefficient (Wildman–Crippen LogP) is 2.37. The number of sulfonamides is 1. The van der Waals surface area contributed by atoms with Crippen molar-refractivity contribution in [3.05, 3.63) is 58.6 Å². The lowest BCUT2D eigenvalue weighted by Gasteiger charge is -2.10. The van der Waals surface area contributed by atoms with Gasteiger partial charge in [0.1, 0.15) is 12.4 Å². The molecular weight excluding hydrogens is 364 g/mol. The first-order chi connectivity index (χ1) is 11.8. The predicted molar refractivity (Wildman–Crippen MR) is 96.7 cm³/mol. The molecule has 25 heavy (non-hydrogen) atoms. The minimum absolute atomic E-state index is 0.0274. The van der Waals surface area contributed by atoms with Crippen LogP contribution in [0.15, 0.2) is 47.4 Å². The molecule has 0 aromatic heterocycles. The zero-order valence-electron chi connectivity index (χ0n) is 13.9. The van der Waals surface area contributed by atoms with Crippen molar-refractivity contribution >= 4 is 27.5 Å². The van der Waals surface area contributed by atoms with Crippen LogP contribution < -0.4 is 14.8 Å². The van der Waals surface area contributed by atoms with E-state index in [0.717, 1.165) is 5.56 Å². The number of hydrogen-bond donors (Lipinski definition) is 2. The van der Waals surface area contributed by atoms with Gasteiger partial charge in [0.25, 0.3) is 5.91 Å². The van der Waals surface area contributed by atoms with E-state index in [9.17, 15) is 13.2 Å². The van der Waals surface area contributed by atoms with Crippen LogP contribution in [0.5, 0.6) is 5.75 Å². The van der Waals surface area contributed by atoms with E-state index in [1.54, 1.807) is 0 Å². The van der Waals surface area contributed by atoms with Crippen molar-refractivity contribution < 1.29 is 17.9 Å². The summed E-state index contributed by atoms with van der Waals surface area (Å²) in [7, 11) is -2.35. The van der Waals surface area contributed by atoms with Crippen LogP contribution in [0, 0.1) is 6.92 Å². The van der Waals surface area contributed by atoms with Crippen molar-refractivity contribution in [1.82, 2.24) is 10.0 Å². The molecular formula is C17H19ClN2O4S. The first-order valence-electron chi connectivity index (χ1n) is 7.54. The van der Waals surface area contributed by atoms with Gasteiger partial charge in [-0.05, 0) is 44.3 Å². The third-order valence-electron chi connectivity index (χ3n) is 3.44. The molecule has 0 aliphatic carbocycles. The van der Waals surface area contributed by atoms with Gasteiger partial charge in [0.2, 0.25) is 10.0 Å². The maximum atomic E-state index is 12.2. The van der Waals surface area contributed by atoms with E-state index in [1.165, 1.54) is 25.2 Å². The van der Waals surface area contributed by atoms with Gasteiger partial charge in [-0.25, -0.2) is 13.1 Å². The van der Waals surface area contributed by atoms with Gasteiger partial charge in [0, 0.05) is 0 Å². The van der Waals surface area contributed by atoms with Crippen molar-refractivity contribution in [2.45, 2.75) is 11.8 Å². The fraction of sp³-hybridized carbons (Fsp3) is 0.235. The Morgan fingerprint density at radius 3 is 2.48 bits per heavy atom.